The van der Waals surface area contributed by atoms with E-state index in [0.717, 1.165) is 25.8 Å². The maximum absolute atomic E-state index is 12.6. The SMILES string of the molecule is O=S(=O)(c1ccccc1)N1CCNC2CCCC21. The van der Waals surface area contributed by atoms with Crippen molar-refractivity contribution in [1.82, 2.24) is 9.62 Å². The number of rotatable bonds is 2. The van der Waals surface area contributed by atoms with Crippen LogP contribution in [0.15, 0.2) is 35.2 Å². The summed E-state index contributed by atoms with van der Waals surface area (Å²) in [6.45, 7) is 1.34. The molecule has 0 radical (unpaired) electrons. The number of nitrogens with one attached hydrogen (secondary N) is 1. The largest absolute Gasteiger partial charge is 0.311 e. The van der Waals surface area contributed by atoms with Crippen molar-refractivity contribution in [3.05, 3.63) is 30.3 Å². The first-order valence-corrected chi connectivity index (χ1v) is 7.94. The molecule has 5 heteroatoms. The maximum atomic E-state index is 12.6. The third-order valence-electron chi connectivity index (χ3n) is 3.94. The summed E-state index contributed by atoms with van der Waals surface area (Å²) < 4.78 is 27.0. The molecule has 0 spiro atoms. The lowest BCUT2D eigenvalue weighted by Crippen LogP contribution is -2.57. The summed E-state index contributed by atoms with van der Waals surface area (Å²) >= 11 is 0. The smallest absolute Gasteiger partial charge is 0.243 e. The van der Waals surface area contributed by atoms with Gasteiger partial charge < -0.3 is 5.32 Å². The van der Waals surface area contributed by atoms with Gasteiger partial charge in [0.05, 0.1) is 4.90 Å². The molecule has 3 rings (SSSR count). The second-order valence-corrected chi connectivity index (χ2v) is 6.88. The van der Waals surface area contributed by atoms with Crippen molar-refractivity contribution in [3.8, 4) is 0 Å². The molecule has 0 bridgehead atoms. The molecule has 2 atom stereocenters. The van der Waals surface area contributed by atoms with E-state index in [-0.39, 0.29) is 6.04 Å². The lowest BCUT2D eigenvalue weighted by atomic mass is 10.1. The van der Waals surface area contributed by atoms with Crippen molar-refractivity contribution in [2.75, 3.05) is 13.1 Å². The number of hydrogen-bond donors (Lipinski definition) is 1. The molecular formula is C13H18N2O2S. The monoisotopic (exact) mass is 266 g/mol. The van der Waals surface area contributed by atoms with Crippen LogP contribution in [0.4, 0.5) is 0 Å². The van der Waals surface area contributed by atoms with E-state index in [1.54, 1.807) is 28.6 Å². The molecule has 1 N–H and O–H groups in total. The van der Waals surface area contributed by atoms with Crippen molar-refractivity contribution in [1.29, 1.82) is 0 Å². The predicted octanol–water partition coefficient (Wildman–Crippen LogP) is 1.20. The number of piperazine rings is 1. The summed E-state index contributed by atoms with van der Waals surface area (Å²) in [5.41, 5.74) is 0. The Labute approximate surface area is 108 Å². The Morgan fingerprint density at radius 3 is 2.72 bits per heavy atom. The van der Waals surface area contributed by atoms with Gasteiger partial charge in [-0.15, -0.1) is 0 Å². The van der Waals surface area contributed by atoms with Crippen LogP contribution in [0.1, 0.15) is 19.3 Å². The van der Waals surface area contributed by atoms with E-state index >= 15 is 0 Å². The fourth-order valence-electron chi connectivity index (χ4n) is 3.08. The number of sulfonamides is 1. The van der Waals surface area contributed by atoms with Crippen LogP contribution in [0.5, 0.6) is 0 Å². The third kappa shape index (κ3) is 1.96. The average Bonchev–Trinajstić information content (AvgIpc) is 2.87. The summed E-state index contributed by atoms with van der Waals surface area (Å²) in [6, 6.07) is 9.25. The van der Waals surface area contributed by atoms with Gasteiger partial charge in [-0.25, -0.2) is 8.42 Å². The van der Waals surface area contributed by atoms with Crippen molar-refractivity contribution in [2.24, 2.45) is 0 Å². The van der Waals surface area contributed by atoms with Gasteiger partial charge in [-0.2, -0.15) is 4.31 Å². The minimum Gasteiger partial charge on any atom is -0.311 e. The minimum atomic E-state index is -3.32. The van der Waals surface area contributed by atoms with Crippen LogP contribution in [0, 0.1) is 0 Å². The predicted molar refractivity (Wildman–Crippen MR) is 69.8 cm³/mol. The van der Waals surface area contributed by atoms with Crippen LogP contribution in [0.2, 0.25) is 0 Å². The molecule has 1 saturated heterocycles. The van der Waals surface area contributed by atoms with Crippen molar-refractivity contribution in [2.45, 2.75) is 36.2 Å². The average molecular weight is 266 g/mol. The van der Waals surface area contributed by atoms with Crippen LogP contribution >= 0.6 is 0 Å². The second kappa shape index (κ2) is 4.64. The van der Waals surface area contributed by atoms with Gasteiger partial charge in [0.25, 0.3) is 0 Å². The van der Waals surface area contributed by atoms with E-state index < -0.39 is 10.0 Å². The molecule has 1 heterocycles. The van der Waals surface area contributed by atoms with Crippen LogP contribution < -0.4 is 5.32 Å². The van der Waals surface area contributed by atoms with Crippen LogP contribution in [0.25, 0.3) is 0 Å². The Morgan fingerprint density at radius 1 is 1.17 bits per heavy atom. The lowest BCUT2D eigenvalue weighted by Gasteiger charge is -2.37. The highest BCUT2D eigenvalue weighted by Gasteiger charge is 2.41. The highest BCUT2D eigenvalue weighted by molar-refractivity contribution is 7.89. The van der Waals surface area contributed by atoms with Gasteiger partial charge in [-0.3, -0.25) is 0 Å². The Hall–Kier alpha value is -0.910. The Balaban J connectivity index is 1.94. The summed E-state index contributed by atoms with van der Waals surface area (Å²) in [5.74, 6) is 0. The molecule has 2 unspecified atom stereocenters. The number of benzene rings is 1. The highest BCUT2D eigenvalue weighted by atomic mass is 32.2. The van der Waals surface area contributed by atoms with E-state index in [1.165, 1.54) is 0 Å². The molecule has 98 valence electrons. The molecule has 1 aliphatic carbocycles. The zero-order chi connectivity index (χ0) is 12.6. The van der Waals surface area contributed by atoms with Gasteiger partial charge in [0.1, 0.15) is 0 Å². The fourth-order valence-corrected chi connectivity index (χ4v) is 4.79. The number of nitrogens with zero attached hydrogens (tertiary/aromatic N) is 1. The van der Waals surface area contributed by atoms with Gasteiger partial charge in [0.2, 0.25) is 10.0 Å². The molecule has 2 fully saturated rings. The minimum absolute atomic E-state index is 0.143. The van der Waals surface area contributed by atoms with Gasteiger partial charge in [-0.05, 0) is 25.0 Å². The van der Waals surface area contributed by atoms with Gasteiger partial charge in [0.15, 0.2) is 0 Å². The molecule has 2 aliphatic rings. The number of fused-ring (bicyclic) bond motifs is 1. The van der Waals surface area contributed by atoms with E-state index in [9.17, 15) is 8.42 Å². The normalized spacial score (nSPS) is 29.1. The first-order valence-electron chi connectivity index (χ1n) is 6.50. The molecule has 1 aliphatic heterocycles. The summed E-state index contributed by atoms with van der Waals surface area (Å²) in [4.78, 5) is 0.414. The summed E-state index contributed by atoms with van der Waals surface area (Å²) in [5, 5.41) is 3.43. The van der Waals surface area contributed by atoms with Crippen LogP contribution in [0.3, 0.4) is 0 Å². The van der Waals surface area contributed by atoms with Crippen molar-refractivity contribution in [3.63, 3.8) is 0 Å². The number of hydrogen-bond acceptors (Lipinski definition) is 3. The van der Waals surface area contributed by atoms with Crippen molar-refractivity contribution >= 4 is 10.0 Å². The summed E-state index contributed by atoms with van der Waals surface area (Å²) in [7, 11) is -3.32. The van der Waals surface area contributed by atoms with E-state index in [4.69, 9.17) is 0 Å². The third-order valence-corrected chi connectivity index (χ3v) is 5.88. The Bertz CT molecular complexity index is 515. The zero-order valence-corrected chi connectivity index (χ0v) is 11.1. The molecule has 1 aromatic carbocycles. The molecular weight excluding hydrogens is 248 g/mol. The standard InChI is InChI=1S/C13H18N2O2S/c16-18(17,11-5-2-1-3-6-11)15-10-9-14-12-7-4-8-13(12)15/h1-3,5-6,12-14H,4,7-10H2. The quantitative estimate of drug-likeness (QED) is 0.875. The van der Waals surface area contributed by atoms with Crippen molar-refractivity contribution < 1.29 is 8.42 Å². The molecule has 1 saturated carbocycles. The molecule has 4 nitrogen and oxygen atoms in total. The van der Waals surface area contributed by atoms with Gasteiger partial charge >= 0.3 is 0 Å². The van der Waals surface area contributed by atoms with E-state index in [1.807, 2.05) is 6.07 Å². The fraction of sp³-hybridized carbons (Fsp3) is 0.538. The van der Waals surface area contributed by atoms with E-state index in [2.05, 4.69) is 5.32 Å². The Kier molecular flexibility index (Phi) is 3.13. The molecule has 1 aromatic rings. The molecule has 18 heavy (non-hydrogen) atoms. The first kappa shape index (κ1) is 12.1. The second-order valence-electron chi connectivity index (χ2n) is 4.99. The first-order chi connectivity index (χ1) is 8.69. The Morgan fingerprint density at radius 2 is 1.94 bits per heavy atom. The topological polar surface area (TPSA) is 49.4 Å². The maximum Gasteiger partial charge on any atom is 0.243 e. The van der Waals surface area contributed by atoms with Crippen LogP contribution in [-0.4, -0.2) is 37.9 Å². The molecule has 0 amide bonds. The highest BCUT2D eigenvalue weighted by Crippen LogP contribution is 2.30. The van der Waals surface area contributed by atoms with E-state index in [0.29, 0.717) is 17.5 Å². The molecule has 0 aromatic heterocycles. The van der Waals surface area contributed by atoms with Gasteiger partial charge in [0, 0.05) is 25.2 Å². The summed E-state index contributed by atoms with van der Waals surface area (Å²) in [6.07, 6.45) is 3.18. The zero-order valence-electron chi connectivity index (χ0n) is 10.2. The van der Waals surface area contributed by atoms with Gasteiger partial charge in [-0.1, -0.05) is 24.6 Å². The lowest BCUT2D eigenvalue weighted by molar-refractivity contribution is 0.232. The van der Waals surface area contributed by atoms with Crippen LogP contribution in [-0.2, 0) is 10.0 Å².